The van der Waals surface area contributed by atoms with E-state index in [9.17, 15) is 10.2 Å². The summed E-state index contributed by atoms with van der Waals surface area (Å²) >= 11 is 0. The summed E-state index contributed by atoms with van der Waals surface area (Å²) in [4.78, 5) is 0. The number of hydrogen-bond acceptors (Lipinski definition) is 3. The van der Waals surface area contributed by atoms with Crippen LogP contribution in [0.15, 0.2) is 12.3 Å². The highest BCUT2D eigenvalue weighted by Gasteiger charge is 2.17. The largest absolute Gasteiger partial charge is 0.510 e. The van der Waals surface area contributed by atoms with Crippen molar-refractivity contribution < 1.29 is 15.3 Å². The lowest BCUT2D eigenvalue weighted by Gasteiger charge is -2.16. The van der Waals surface area contributed by atoms with E-state index < -0.39 is 12.2 Å². The Morgan fingerprint density at radius 3 is 1.88 bits per heavy atom. The lowest BCUT2D eigenvalue weighted by molar-refractivity contribution is 0.0128. The average molecular weight is 244 g/mol. The third kappa shape index (κ3) is 9.19. The molecule has 0 aromatic rings. The summed E-state index contributed by atoms with van der Waals surface area (Å²) in [6, 6.07) is 0. The first kappa shape index (κ1) is 16.5. The van der Waals surface area contributed by atoms with Gasteiger partial charge in [-0.25, -0.2) is 0 Å². The molecule has 0 rings (SSSR count). The molecule has 0 aliphatic heterocycles. The highest BCUT2D eigenvalue weighted by atomic mass is 16.4. The standard InChI is InChI=1S/C14H28O3/c1-3-4-5-6-7-8-9-10-11-13(16)14(17)12(2)15/h13-17H,2-11H2,1H3. The van der Waals surface area contributed by atoms with E-state index in [1.807, 2.05) is 0 Å². The Kier molecular flexibility index (Phi) is 10.3. The summed E-state index contributed by atoms with van der Waals surface area (Å²) in [5, 5.41) is 27.7. The maximum atomic E-state index is 9.49. The zero-order valence-electron chi connectivity index (χ0n) is 11.1. The molecule has 3 nitrogen and oxygen atoms in total. The van der Waals surface area contributed by atoms with E-state index in [0.29, 0.717) is 6.42 Å². The van der Waals surface area contributed by atoms with Crippen LogP contribution in [-0.4, -0.2) is 27.5 Å². The van der Waals surface area contributed by atoms with Crippen LogP contribution in [0.2, 0.25) is 0 Å². The predicted octanol–water partition coefficient (Wildman–Crippen LogP) is 3.31. The molecule has 2 unspecified atom stereocenters. The molecule has 0 aromatic heterocycles. The summed E-state index contributed by atoms with van der Waals surface area (Å²) in [7, 11) is 0. The second-order valence-electron chi connectivity index (χ2n) is 4.77. The molecule has 0 fully saturated rings. The van der Waals surface area contributed by atoms with E-state index in [1.165, 1.54) is 38.5 Å². The molecule has 3 heteroatoms. The molecule has 17 heavy (non-hydrogen) atoms. The molecule has 0 saturated heterocycles. The number of aliphatic hydroxyl groups excluding tert-OH is 3. The van der Waals surface area contributed by atoms with Gasteiger partial charge in [-0.1, -0.05) is 64.9 Å². The van der Waals surface area contributed by atoms with Crippen molar-refractivity contribution in [2.45, 2.75) is 76.9 Å². The minimum atomic E-state index is -1.19. The fourth-order valence-electron chi connectivity index (χ4n) is 1.87. The molecule has 0 heterocycles. The molecule has 0 amide bonds. The Morgan fingerprint density at radius 2 is 1.41 bits per heavy atom. The lowest BCUT2D eigenvalue weighted by Crippen LogP contribution is -2.27. The van der Waals surface area contributed by atoms with Gasteiger partial charge in [-0.3, -0.25) is 0 Å². The Morgan fingerprint density at radius 1 is 0.941 bits per heavy atom. The summed E-state index contributed by atoms with van der Waals surface area (Å²) in [5.41, 5.74) is 0. The molecule has 0 aromatic carbocycles. The van der Waals surface area contributed by atoms with Crippen molar-refractivity contribution in [2.75, 3.05) is 0 Å². The number of rotatable bonds is 11. The fraction of sp³-hybridized carbons (Fsp3) is 0.857. The molecular weight excluding hydrogens is 216 g/mol. The smallest absolute Gasteiger partial charge is 0.136 e. The molecule has 0 bridgehead atoms. The molecule has 0 aliphatic carbocycles. The number of hydrogen-bond donors (Lipinski definition) is 3. The quantitative estimate of drug-likeness (QED) is 0.386. The van der Waals surface area contributed by atoms with E-state index in [1.54, 1.807) is 0 Å². The van der Waals surface area contributed by atoms with Crippen LogP contribution in [0.4, 0.5) is 0 Å². The Labute approximate surface area is 105 Å². The molecule has 0 aliphatic rings. The minimum Gasteiger partial charge on any atom is -0.510 e. The molecule has 0 saturated carbocycles. The van der Waals surface area contributed by atoms with Crippen LogP contribution in [0.1, 0.15) is 64.7 Å². The number of aliphatic hydroxyl groups is 3. The van der Waals surface area contributed by atoms with Gasteiger partial charge in [-0.2, -0.15) is 0 Å². The van der Waals surface area contributed by atoms with Crippen LogP contribution in [0.5, 0.6) is 0 Å². The van der Waals surface area contributed by atoms with Crippen molar-refractivity contribution in [1.29, 1.82) is 0 Å². The fourth-order valence-corrected chi connectivity index (χ4v) is 1.87. The molecule has 0 radical (unpaired) electrons. The van der Waals surface area contributed by atoms with Gasteiger partial charge >= 0.3 is 0 Å². The van der Waals surface area contributed by atoms with Crippen LogP contribution in [0.25, 0.3) is 0 Å². The van der Waals surface area contributed by atoms with Crippen molar-refractivity contribution in [2.24, 2.45) is 0 Å². The highest BCUT2D eigenvalue weighted by molar-refractivity contribution is 4.92. The Hall–Kier alpha value is -0.540. The maximum Gasteiger partial charge on any atom is 0.136 e. The third-order valence-corrected chi connectivity index (χ3v) is 3.06. The van der Waals surface area contributed by atoms with Crippen LogP contribution >= 0.6 is 0 Å². The van der Waals surface area contributed by atoms with Crippen molar-refractivity contribution in [3.63, 3.8) is 0 Å². The monoisotopic (exact) mass is 244 g/mol. The topological polar surface area (TPSA) is 60.7 Å². The molecule has 0 spiro atoms. The molecule has 102 valence electrons. The van der Waals surface area contributed by atoms with Gasteiger partial charge in [-0.15, -0.1) is 0 Å². The molecular formula is C14H28O3. The van der Waals surface area contributed by atoms with Crippen LogP contribution in [-0.2, 0) is 0 Å². The lowest BCUT2D eigenvalue weighted by atomic mass is 10.0. The summed E-state index contributed by atoms with van der Waals surface area (Å²) in [6.45, 7) is 5.42. The van der Waals surface area contributed by atoms with Gasteiger partial charge in [0, 0.05) is 0 Å². The summed E-state index contributed by atoms with van der Waals surface area (Å²) < 4.78 is 0. The minimum absolute atomic E-state index is 0.350. The second kappa shape index (κ2) is 10.6. The van der Waals surface area contributed by atoms with Crippen LogP contribution in [0.3, 0.4) is 0 Å². The first-order valence-corrected chi connectivity index (χ1v) is 6.83. The van der Waals surface area contributed by atoms with Gasteiger partial charge in [0.25, 0.3) is 0 Å². The summed E-state index contributed by atoms with van der Waals surface area (Å²) in [6.07, 6.45) is 8.07. The SMILES string of the molecule is C=C(O)C(O)C(O)CCCCCCCCCC. The van der Waals surface area contributed by atoms with Gasteiger partial charge in [0.2, 0.25) is 0 Å². The summed E-state index contributed by atoms with van der Waals surface area (Å²) in [5.74, 6) is -0.350. The van der Waals surface area contributed by atoms with E-state index >= 15 is 0 Å². The normalized spacial score (nSPS) is 14.5. The van der Waals surface area contributed by atoms with Crippen LogP contribution in [0, 0.1) is 0 Å². The first-order valence-electron chi connectivity index (χ1n) is 6.83. The van der Waals surface area contributed by atoms with Gasteiger partial charge < -0.3 is 15.3 Å². The molecule has 2 atom stereocenters. The van der Waals surface area contributed by atoms with Crippen molar-refractivity contribution in [1.82, 2.24) is 0 Å². The van der Waals surface area contributed by atoms with E-state index in [0.717, 1.165) is 12.8 Å². The first-order chi connectivity index (χ1) is 8.09. The number of unbranched alkanes of at least 4 members (excludes halogenated alkanes) is 7. The predicted molar refractivity (Wildman–Crippen MR) is 71.0 cm³/mol. The third-order valence-electron chi connectivity index (χ3n) is 3.06. The molecule has 3 N–H and O–H groups in total. The van der Waals surface area contributed by atoms with Crippen molar-refractivity contribution in [3.05, 3.63) is 12.3 Å². The Bertz CT molecular complexity index is 192. The van der Waals surface area contributed by atoms with Gasteiger partial charge in [0.15, 0.2) is 0 Å². The average Bonchev–Trinajstić information content (AvgIpc) is 2.31. The zero-order chi connectivity index (χ0) is 13.1. The van der Waals surface area contributed by atoms with E-state index in [4.69, 9.17) is 5.11 Å². The highest BCUT2D eigenvalue weighted by Crippen LogP contribution is 2.13. The maximum absolute atomic E-state index is 9.49. The van der Waals surface area contributed by atoms with Crippen molar-refractivity contribution >= 4 is 0 Å². The van der Waals surface area contributed by atoms with Gasteiger partial charge in [0.1, 0.15) is 11.9 Å². The second-order valence-corrected chi connectivity index (χ2v) is 4.77. The van der Waals surface area contributed by atoms with Gasteiger partial charge in [-0.05, 0) is 6.42 Å². The van der Waals surface area contributed by atoms with Crippen LogP contribution < -0.4 is 0 Å². The van der Waals surface area contributed by atoms with E-state index in [2.05, 4.69) is 13.5 Å². The van der Waals surface area contributed by atoms with E-state index in [-0.39, 0.29) is 5.76 Å². The van der Waals surface area contributed by atoms with Gasteiger partial charge in [0.05, 0.1) is 6.10 Å². The zero-order valence-corrected chi connectivity index (χ0v) is 11.1. The van der Waals surface area contributed by atoms with Crippen molar-refractivity contribution in [3.8, 4) is 0 Å². The Balaban J connectivity index is 3.30.